The van der Waals surface area contributed by atoms with E-state index in [1.165, 1.54) is 77.3 Å². The lowest BCUT2D eigenvalue weighted by atomic mass is 9.73. The van der Waals surface area contributed by atoms with Crippen LogP contribution < -0.4 is 5.73 Å². The third-order valence-electron chi connectivity index (χ3n) is 6.51. The number of hydrogen-bond acceptors (Lipinski definition) is 2. The molecule has 1 aliphatic heterocycles. The fraction of sp³-hybridized carbons (Fsp3) is 1.00. The normalized spacial score (nSPS) is 27.1. The maximum absolute atomic E-state index is 6.18. The zero-order valence-electron chi connectivity index (χ0n) is 13.9. The molecule has 2 rings (SSSR count). The third kappa shape index (κ3) is 3.76. The molecule has 0 spiro atoms. The zero-order valence-corrected chi connectivity index (χ0v) is 13.9. The van der Waals surface area contributed by atoms with Crippen molar-refractivity contribution in [2.24, 2.45) is 17.1 Å². The van der Waals surface area contributed by atoms with Gasteiger partial charge in [0.2, 0.25) is 0 Å². The van der Waals surface area contributed by atoms with Crippen LogP contribution in [-0.2, 0) is 0 Å². The third-order valence-corrected chi connectivity index (χ3v) is 6.51. The Morgan fingerprint density at radius 2 is 1.55 bits per heavy atom. The van der Waals surface area contributed by atoms with Crippen molar-refractivity contribution in [1.82, 2.24) is 4.90 Å². The van der Waals surface area contributed by atoms with Gasteiger partial charge in [-0.2, -0.15) is 0 Å². The van der Waals surface area contributed by atoms with Crippen LogP contribution in [0.5, 0.6) is 0 Å². The van der Waals surface area contributed by atoms with E-state index in [9.17, 15) is 0 Å². The van der Waals surface area contributed by atoms with Gasteiger partial charge in [-0.3, -0.25) is 4.90 Å². The molecule has 1 atom stereocenters. The zero-order chi connectivity index (χ0) is 14.4. The summed E-state index contributed by atoms with van der Waals surface area (Å²) < 4.78 is 0. The molecule has 1 saturated carbocycles. The predicted octanol–water partition coefficient (Wildman–Crippen LogP) is 4.19. The van der Waals surface area contributed by atoms with Crippen LogP contribution in [0.3, 0.4) is 0 Å². The van der Waals surface area contributed by atoms with E-state index >= 15 is 0 Å². The number of likely N-dealkylation sites (tertiary alicyclic amines) is 1. The van der Waals surface area contributed by atoms with Crippen LogP contribution in [0.4, 0.5) is 0 Å². The van der Waals surface area contributed by atoms with Crippen molar-refractivity contribution in [3.8, 4) is 0 Å². The Labute approximate surface area is 126 Å². The highest BCUT2D eigenvalue weighted by molar-refractivity contribution is 4.89. The minimum atomic E-state index is 0.638. The van der Waals surface area contributed by atoms with Gasteiger partial charge in [0, 0.05) is 12.6 Å². The second kappa shape index (κ2) is 7.79. The highest BCUT2D eigenvalue weighted by Gasteiger charge is 2.35. The van der Waals surface area contributed by atoms with Crippen molar-refractivity contribution < 1.29 is 0 Å². The van der Waals surface area contributed by atoms with Crippen molar-refractivity contribution in [2.45, 2.75) is 84.1 Å². The van der Waals surface area contributed by atoms with E-state index in [1.807, 2.05) is 0 Å². The van der Waals surface area contributed by atoms with Crippen molar-refractivity contribution >= 4 is 0 Å². The number of nitrogens with two attached hydrogens (primary N) is 1. The van der Waals surface area contributed by atoms with E-state index in [1.54, 1.807) is 0 Å². The lowest BCUT2D eigenvalue weighted by Gasteiger charge is -2.45. The molecule has 1 heterocycles. The molecule has 1 unspecified atom stereocenters. The number of nitrogens with zero attached hydrogens (tertiary/aromatic N) is 1. The molecule has 0 bridgehead atoms. The summed E-state index contributed by atoms with van der Waals surface area (Å²) in [6, 6.07) is 0.666. The summed E-state index contributed by atoms with van der Waals surface area (Å²) in [6.45, 7) is 8.21. The SMILES string of the molecule is CCC1(CC)CCN(C(CN)C2CCCCCC2)CC1. The Bertz CT molecular complexity index is 255. The van der Waals surface area contributed by atoms with E-state index in [4.69, 9.17) is 5.73 Å². The summed E-state index contributed by atoms with van der Waals surface area (Å²) in [6.07, 6.45) is 14.1. The van der Waals surface area contributed by atoms with Gasteiger partial charge in [0.15, 0.2) is 0 Å². The first-order valence-electron chi connectivity index (χ1n) is 9.19. The fourth-order valence-corrected chi connectivity index (χ4v) is 4.62. The molecule has 0 amide bonds. The van der Waals surface area contributed by atoms with Crippen LogP contribution in [-0.4, -0.2) is 30.6 Å². The molecule has 2 nitrogen and oxygen atoms in total. The van der Waals surface area contributed by atoms with Crippen LogP contribution in [0, 0.1) is 11.3 Å². The Morgan fingerprint density at radius 1 is 1.00 bits per heavy atom. The molecular formula is C18H36N2. The van der Waals surface area contributed by atoms with Gasteiger partial charge in [0.1, 0.15) is 0 Å². The average molecular weight is 280 g/mol. The summed E-state index contributed by atoms with van der Waals surface area (Å²) in [5.41, 5.74) is 6.81. The van der Waals surface area contributed by atoms with Gasteiger partial charge < -0.3 is 5.73 Å². The van der Waals surface area contributed by atoms with Crippen LogP contribution in [0.2, 0.25) is 0 Å². The monoisotopic (exact) mass is 280 g/mol. The molecule has 2 aliphatic rings. The maximum Gasteiger partial charge on any atom is 0.0246 e. The summed E-state index contributed by atoms with van der Waals surface area (Å²) in [4.78, 5) is 2.75. The smallest absolute Gasteiger partial charge is 0.0246 e. The first-order chi connectivity index (χ1) is 9.74. The molecule has 0 radical (unpaired) electrons. The Kier molecular flexibility index (Phi) is 6.35. The van der Waals surface area contributed by atoms with E-state index in [0.717, 1.165) is 12.5 Å². The maximum atomic E-state index is 6.18. The predicted molar refractivity (Wildman–Crippen MR) is 87.9 cm³/mol. The molecule has 2 heteroatoms. The van der Waals surface area contributed by atoms with E-state index in [-0.39, 0.29) is 0 Å². The highest BCUT2D eigenvalue weighted by atomic mass is 15.2. The minimum Gasteiger partial charge on any atom is -0.329 e. The molecule has 20 heavy (non-hydrogen) atoms. The molecule has 118 valence electrons. The van der Waals surface area contributed by atoms with Gasteiger partial charge in [0.05, 0.1) is 0 Å². The lowest BCUT2D eigenvalue weighted by Crippen LogP contribution is -2.51. The van der Waals surface area contributed by atoms with E-state index in [2.05, 4.69) is 18.7 Å². The number of hydrogen-bond donors (Lipinski definition) is 1. The first kappa shape index (κ1) is 16.3. The Hall–Kier alpha value is -0.0800. The lowest BCUT2D eigenvalue weighted by molar-refractivity contribution is 0.0447. The van der Waals surface area contributed by atoms with Crippen molar-refractivity contribution in [3.05, 3.63) is 0 Å². The fourth-order valence-electron chi connectivity index (χ4n) is 4.62. The molecule has 0 aromatic rings. The molecule has 0 aromatic heterocycles. The van der Waals surface area contributed by atoms with Crippen LogP contribution in [0.25, 0.3) is 0 Å². The van der Waals surface area contributed by atoms with E-state index < -0.39 is 0 Å². The van der Waals surface area contributed by atoms with E-state index in [0.29, 0.717) is 11.5 Å². The van der Waals surface area contributed by atoms with Crippen molar-refractivity contribution in [2.75, 3.05) is 19.6 Å². The van der Waals surface area contributed by atoms with Crippen LogP contribution in [0.1, 0.15) is 78.1 Å². The minimum absolute atomic E-state index is 0.638. The molecular weight excluding hydrogens is 244 g/mol. The molecule has 1 saturated heterocycles. The molecule has 0 aromatic carbocycles. The summed E-state index contributed by atoms with van der Waals surface area (Å²) in [5, 5.41) is 0. The van der Waals surface area contributed by atoms with Gasteiger partial charge in [-0.25, -0.2) is 0 Å². The van der Waals surface area contributed by atoms with Crippen molar-refractivity contribution in [1.29, 1.82) is 0 Å². The topological polar surface area (TPSA) is 29.3 Å². The van der Waals surface area contributed by atoms with Gasteiger partial charge >= 0.3 is 0 Å². The number of piperidine rings is 1. The quantitative estimate of drug-likeness (QED) is 0.765. The van der Waals surface area contributed by atoms with Crippen LogP contribution >= 0.6 is 0 Å². The summed E-state index contributed by atoms with van der Waals surface area (Å²) >= 11 is 0. The second-order valence-electron chi connectivity index (χ2n) is 7.30. The summed E-state index contributed by atoms with van der Waals surface area (Å²) in [7, 11) is 0. The largest absolute Gasteiger partial charge is 0.329 e. The highest BCUT2D eigenvalue weighted by Crippen LogP contribution is 2.39. The molecule has 1 aliphatic carbocycles. The number of rotatable bonds is 5. The standard InChI is InChI=1S/C18H36N2/c1-3-18(4-2)11-13-20(14-12-18)17(15-19)16-9-7-5-6-8-10-16/h16-17H,3-15,19H2,1-2H3. The van der Waals surface area contributed by atoms with Gasteiger partial charge in [-0.15, -0.1) is 0 Å². The molecule has 2 fully saturated rings. The summed E-state index contributed by atoms with van der Waals surface area (Å²) in [5.74, 6) is 0.873. The van der Waals surface area contributed by atoms with Gasteiger partial charge in [0.25, 0.3) is 0 Å². The van der Waals surface area contributed by atoms with Gasteiger partial charge in [-0.05, 0) is 50.1 Å². The first-order valence-corrected chi connectivity index (χ1v) is 9.19. The van der Waals surface area contributed by atoms with Crippen molar-refractivity contribution in [3.63, 3.8) is 0 Å². The average Bonchev–Trinajstić information content (AvgIpc) is 2.78. The van der Waals surface area contributed by atoms with Crippen LogP contribution in [0.15, 0.2) is 0 Å². The Morgan fingerprint density at radius 3 is 2.00 bits per heavy atom. The Balaban J connectivity index is 1.92. The second-order valence-corrected chi connectivity index (χ2v) is 7.30. The van der Waals surface area contributed by atoms with Gasteiger partial charge in [-0.1, -0.05) is 52.4 Å². The molecule has 2 N–H and O–H groups in total.